The van der Waals surface area contributed by atoms with Crippen molar-refractivity contribution in [3.05, 3.63) is 15.8 Å². The molecule has 0 unspecified atom stereocenters. The maximum Gasteiger partial charge on any atom is 0.333 e. The number of carboxylic acid groups (broad SMARTS) is 1. The summed E-state index contributed by atoms with van der Waals surface area (Å²) in [6, 6.07) is 0. The first-order chi connectivity index (χ1) is 9.90. The molecule has 0 radical (unpaired) electrons. The zero-order valence-corrected chi connectivity index (χ0v) is 12.2. The monoisotopic (exact) mass is 297 g/mol. The van der Waals surface area contributed by atoms with Crippen LogP contribution in [0.3, 0.4) is 0 Å². The van der Waals surface area contributed by atoms with Crippen LogP contribution in [0.2, 0.25) is 0 Å². The summed E-state index contributed by atoms with van der Waals surface area (Å²) in [5, 5.41) is 24.2. The first-order valence-corrected chi connectivity index (χ1v) is 6.77. The Hall–Kier alpha value is -2.16. The third-order valence-electron chi connectivity index (χ3n) is 3.59. The molecule has 2 rings (SSSR count). The molecule has 0 aliphatic carbocycles. The third-order valence-corrected chi connectivity index (χ3v) is 3.59. The van der Waals surface area contributed by atoms with Crippen LogP contribution in [-0.2, 0) is 11.8 Å². The Morgan fingerprint density at radius 2 is 2.10 bits per heavy atom. The molecule has 116 valence electrons. The number of carboxylic acids is 1. The van der Waals surface area contributed by atoms with Crippen LogP contribution in [0.15, 0.2) is 0 Å². The maximum absolute atomic E-state index is 11.2. The fourth-order valence-corrected chi connectivity index (χ4v) is 2.74. The normalized spacial score (nSPS) is 16.8. The number of aryl methyl sites for hydroxylation is 2. The topological polar surface area (TPSA) is 105 Å². The number of rotatable bonds is 4. The van der Waals surface area contributed by atoms with Crippen LogP contribution in [0.25, 0.3) is 0 Å². The predicted octanol–water partition coefficient (Wildman–Crippen LogP) is 0.233. The smallest absolute Gasteiger partial charge is 0.333 e. The first-order valence-electron chi connectivity index (χ1n) is 6.77. The summed E-state index contributed by atoms with van der Waals surface area (Å²) < 4.78 is 1.53. The van der Waals surface area contributed by atoms with Crippen molar-refractivity contribution in [3.8, 4) is 0 Å². The summed E-state index contributed by atoms with van der Waals surface area (Å²) >= 11 is 0. The molecule has 0 amide bonds. The van der Waals surface area contributed by atoms with Crippen LogP contribution in [-0.4, -0.2) is 63.4 Å². The lowest BCUT2D eigenvalue weighted by atomic mass is 10.3. The van der Waals surface area contributed by atoms with Gasteiger partial charge in [0.15, 0.2) is 0 Å². The molecular weight excluding hydrogens is 278 g/mol. The second-order valence-corrected chi connectivity index (χ2v) is 5.15. The quantitative estimate of drug-likeness (QED) is 0.626. The Morgan fingerprint density at radius 3 is 2.71 bits per heavy atom. The Labute approximate surface area is 121 Å². The summed E-state index contributed by atoms with van der Waals surface area (Å²) in [5.41, 5.74) is 0.424. The van der Waals surface area contributed by atoms with E-state index in [1.165, 1.54) is 4.68 Å². The van der Waals surface area contributed by atoms with Crippen molar-refractivity contribution < 1.29 is 14.8 Å². The molecule has 2 heterocycles. The average molecular weight is 297 g/mol. The minimum absolute atomic E-state index is 0.000345. The van der Waals surface area contributed by atoms with E-state index in [1.54, 1.807) is 14.0 Å². The summed E-state index contributed by atoms with van der Waals surface area (Å²) in [4.78, 5) is 25.4. The molecule has 0 saturated carbocycles. The minimum atomic E-state index is -0.856. The minimum Gasteiger partial charge on any atom is -0.480 e. The highest BCUT2D eigenvalue weighted by Gasteiger charge is 2.29. The van der Waals surface area contributed by atoms with E-state index in [0.717, 1.165) is 6.42 Å². The highest BCUT2D eigenvalue weighted by atomic mass is 16.6. The highest BCUT2D eigenvalue weighted by molar-refractivity contribution is 5.69. The molecule has 1 aliphatic rings. The molecule has 0 bridgehead atoms. The molecule has 9 nitrogen and oxygen atoms in total. The van der Waals surface area contributed by atoms with E-state index in [0.29, 0.717) is 37.7 Å². The van der Waals surface area contributed by atoms with Gasteiger partial charge in [-0.05, 0) is 13.3 Å². The van der Waals surface area contributed by atoms with Crippen molar-refractivity contribution in [1.29, 1.82) is 0 Å². The van der Waals surface area contributed by atoms with Crippen molar-refractivity contribution in [2.75, 3.05) is 37.6 Å². The van der Waals surface area contributed by atoms with Crippen molar-refractivity contribution in [3.63, 3.8) is 0 Å². The molecule has 1 saturated heterocycles. The van der Waals surface area contributed by atoms with E-state index in [-0.39, 0.29) is 12.2 Å². The molecule has 21 heavy (non-hydrogen) atoms. The molecule has 0 spiro atoms. The van der Waals surface area contributed by atoms with Gasteiger partial charge in [0, 0.05) is 33.2 Å². The lowest BCUT2D eigenvalue weighted by molar-refractivity contribution is -0.384. The number of aromatic nitrogens is 2. The molecule has 1 aromatic rings. The van der Waals surface area contributed by atoms with Gasteiger partial charge in [-0.25, -0.2) is 4.68 Å². The number of aliphatic carboxylic acids is 1. The van der Waals surface area contributed by atoms with E-state index in [9.17, 15) is 14.9 Å². The van der Waals surface area contributed by atoms with Crippen LogP contribution in [0.1, 0.15) is 12.1 Å². The zero-order chi connectivity index (χ0) is 15.6. The Balaban J connectivity index is 2.20. The van der Waals surface area contributed by atoms with Gasteiger partial charge in [-0.1, -0.05) is 0 Å². The highest BCUT2D eigenvalue weighted by Crippen LogP contribution is 2.31. The van der Waals surface area contributed by atoms with Crippen molar-refractivity contribution >= 4 is 17.5 Å². The lowest BCUT2D eigenvalue weighted by Gasteiger charge is -2.22. The van der Waals surface area contributed by atoms with Crippen molar-refractivity contribution in [2.24, 2.45) is 7.05 Å². The number of carbonyl (C=O) groups is 1. The second-order valence-electron chi connectivity index (χ2n) is 5.15. The van der Waals surface area contributed by atoms with E-state index < -0.39 is 10.9 Å². The van der Waals surface area contributed by atoms with E-state index >= 15 is 0 Å². The van der Waals surface area contributed by atoms with Gasteiger partial charge < -0.3 is 10.0 Å². The predicted molar refractivity (Wildman–Crippen MR) is 75.5 cm³/mol. The third kappa shape index (κ3) is 3.30. The van der Waals surface area contributed by atoms with Gasteiger partial charge in [-0.2, -0.15) is 5.10 Å². The summed E-state index contributed by atoms with van der Waals surface area (Å²) in [6.07, 6.45) is 0.759. The van der Waals surface area contributed by atoms with Gasteiger partial charge in [0.2, 0.25) is 5.82 Å². The van der Waals surface area contributed by atoms with Crippen LogP contribution in [0.4, 0.5) is 11.5 Å². The largest absolute Gasteiger partial charge is 0.480 e. The second kappa shape index (κ2) is 6.08. The maximum atomic E-state index is 11.2. The summed E-state index contributed by atoms with van der Waals surface area (Å²) in [5.74, 6) is -0.361. The molecular formula is C12H19N5O4. The fourth-order valence-electron chi connectivity index (χ4n) is 2.74. The number of nitro groups is 1. The summed E-state index contributed by atoms with van der Waals surface area (Å²) in [7, 11) is 1.69. The van der Waals surface area contributed by atoms with E-state index in [1.807, 2.05) is 9.80 Å². The van der Waals surface area contributed by atoms with Gasteiger partial charge in [0.25, 0.3) is 0 Å². The SMILES string of the molecule is Cc1nn(C)c(N2CCCN(CC(=O)O)CC2)c1[N+](=O)[O-]. The standard InChI is InChI=1S/C12H19N5O4/c1-9-11(17(20)21)12(14(2)13-9)16-5-3-4-15(6-7-16)8-10(18)19/h3-8H2,1-2H3,(H,18,19). The Bertz CT molecular complexity index is 556. The molecule has 1 N–H and O–H groups in total. The van der Waals surface area contributed by atoms with Crippen LogP contribution in [0.5, 0.6) is 0 Å². The number of nitrogens with zero attached hydrogens (tertiary/aromatic N) is 5. The van der Waals surface area contributed by atoms with E-state index in [4.69, 9.17) is 5.11 Å². The zero-order valence-electron chi connectivity index (χ0n) is 12.2. The first kappa shape index (κ1) is 15.2. The van der Waals surface area contributed by atoms with Gasteiger partial charge >= 0.3 is 11.7 Å². The van der Waals surface area contributed by atoms with Crippen LogP contribution < -0.4 is 4.90 Å². The lowest BCUT2D eigenvalue weighted by Crippen LogP contribution is -2.34. The molecule has 1 fully saturated rings. The number of hydrogen-bond acceptors (Lipinski definition) is 6. The molecule has 0 atom stereocenters. The van der Waals surface area contributed by atoms with Gasteiger partial charge in [-0.15, -0.1) is 0 Å². The molecule has 1 aliphatic heterocycles. The molecule has 9 heteroatoms. The molecule has 1 aromatic heterocycles. The van der Waals surface area contributed by atoms with E-state index in [2.05, 4.69) is 5.10 Å². The van der Waals surface area contributed by atoms with Crippen LogP contribution in [0, 0.1) is 17.0 Å². The van der Waals surface area contributed by atoms with Crippen molar-refractivity contribution in [2.45, 2.75) is 13.3 Å². The summed E-state index contributed by atoms with van der Waals surface area (Å²) in [6.45, 7) is 4.06. The number of anilines is 1. The fraction of sp³-hybridized carbons (Fsp3) is 0.667. The Kier molecular flexibility index (Phi) is 4.41. The van der Waals surface area contributed by atoms with Gasteiger partial charge in [0.05, 0.1) is 11.5 Å². The number of hydrogen-bond donors (Lipinski definition) is 1. The van der Waals surface area contributed by atoms with Crippen molar-refractivity contribution in [1.82, 2.24) is 14.7 Å². The van der Waals surface area contributed by atoms with Gasteiger partial charge in [0.1, 0.15) is 5.69 Å². The molecule has 0 aromatic carbocycles. The average Bonchev–Trinajstić information content (AvgIpc) is 2.55. The Morgan fingerprint density at radius 1 is 1.38 bits per heavy atom. The van der Waals surface area contributed by atoms with Crippen LogP contribution >= 0.6 is 0 Å². The van der Waals surface area contributed by atoms with Gasteiger partial charge in [-0.3, -0.25) is 19.8 Å².